The van der Waals surface area contributed by atoms with Crippen LogP contribution >= 0.6 is 0 Å². The molecule has 0 aromatic rings. The van der Waals surface area contributed by atoms with Crippen molar-refractivity contribution in [1.29, 1.82) is 0 Å². The Morgan fingerprint density at radius 2 is 1.81 bits per heavy atom. The summed E-state index contributed by atoms with van der Waals surface area (Å²) in [4.78, 5) is 4.48. The Hall–Kier alpha value is -0.160. The molecular formula is C12H29N3O. The molecule has 0 bridgehead atoms. The third-order valence-corrected chi connectivity index (χ3v) is 2.72. The summed E-state index contributed by atoms with van der Waals surface area (Å²) in [6.45, 7) is 8.27. The molecule has 0 aliphatic heterocycles. The Morgan fingerprint density at radius 3 is 2.25 bits per heavy atom. The molecule has 0 aliphatic carbocycles. The number of hydrogen-bond donors (Lipinski definition) is 2. The fraction of sp³-hybridized carbons (Fsp3) is 1.00. The van der Waals surface area contributed by atoms with Crippen LogP contribution in [-0.4, -0.2) is 74.4 Å². The van der Waals surface area contributed by atoms with E-state index >= 15 is 0 Å². The monoisotopic (exact) mass is 231 g/mol. The minimum atomic E-state index is -0.179. The van der Waals surface area contributed by atoms with Crippen molar-refractivity contribution in [3.63, 3.8) is 0 Å². The first-order chi connectivity index (χ1) is 7.43. The number of hydrogen-bond acceptors (Lipinski definition) is 4. The van der Waals surface area contributed by atoms with Crippen LogP contribution in [0.15, 0.2) is 0 Å². The SMILES string of the molecule is CCNC(C)(CO)CN(C)CCCN(C)C. The van der Waals surface area contributed by atoms with Gasteiger partial charge in [-0.3, -0.25) is 0 Å². The molecule has 0 rings (SSSR count). The highest BCUT2D eigenvalue weighted by atomic mass is 16.3. The lowest BCUT2D eigenvalue weighted by molar-refractivity contribution is 0.132. The van der Waals surface area contributed by atoms with E-state index in [1.807, 2.05) is 0 Å². The second-order valence-electron chi connectivity index (χ2n) is 5.14. The van der Waals surface area contributed by atoms with Crippen LogP contribution in [0.4, 0.5) is 0 Å². The Balaban J connectivity index is 3.86. The molecule has 0 saturated heterocycles. The highest BCUT2D eigenvalue weighted by Gasteiger charge is 2.23. The molecule has 2 N–H and O–H groups in total. The van der Waals surface area contributed by atoms with Crippen LogP contribution in [0.25, 0.3) is 0 Å². The maximum atomic E-state index is 9.38. The van der Waals surface area contributed by atoms with Gasteiger partial charge in [-0.15, -0.1) is 0 Å². The molecule has 0 heterocycles. The predicted molar refractivity (Wildman–Crippen MR) is 69.8 cm³/mol. The molecule has 0 spiro atoms. The second-order valence-corrected chi connectivity index (χ2v) is 5.14. The van der Waals surface area contributed by atoms with Crippen molar-refractivity contribution in [3.8, 4) is 0 Å². The van der Waals surface area contributed by atoms with Crippen LogP contribution in [0, 0.1) is 0 Å². The minimum Gasteiger partial charge on any atom is -0.394 e. The molecule has 0 fully saturated rings. The average molecular weight is 231 g/mol. The van der Waals surface area contributed by atoms with Gasteiger partial charge in [0.05, 0.1) is 12.1 Å². The molecule has 1 atom stereocenters. The number of likely N-dealkylation sites (N-methyl/N-ethyl adjacent to an activating group) is 2. The van der Waals surface area contributed by atoms with Crippen molar-refractivity contribution in [3.05, 3.63) is 0 Å². The highest BCUT2D eigenvalue weighted by molar-refractivity contribution is 4.84. The van der Waals surface area contributed by atoms with Crippen molar-refractivity contribution < 1.29 is 5.11 Å². The lowest BCUT2D eigenvalue weighted by atomic mass is 10.0. The first kappa shape index (κ1) is 15.8. The van der Waals surface area contributed by atoms with E-state index in [0.717, 1.165) is 32.6 Å². The van der Waals surface area contributed by atoms with E-state index in [9.17, 15) is 5.11 Å². The summed E-state index contributed by atoms with van der Waals surface area (Å²) in [5.74, 6) is 0. The van der Waals surface area contributed by atoms with Crippen molar-refractivity contribution in [2.45, 2.75) is 25.8 Å². The normalized spacial score (nSPS) is 15.8. The van der Waals surface area contributed by atoms with Crippen molar-refractivity contribution in [2.24, 2.45) is 0 Å². The molecule has 16 heavy (non-hydrogen) atoms. The molecule has 0 amide bonds. The van der Waals surface area contributed by atoms with Gasteiger partial charge in [0.2, 0.25) is 0 Å². The van der Waals surface area contributed by atoms with Crippen LogP contribution in [0.1, 0.15) is 20.3 Å². The van der Waals surface area contributed by atoms with Gasteiger partial charge in [0, 0.05) is 6.54 Å². The predicted octanol–water partition coefficient (Wildman–Crippen LogP) is 0.230. The van der Waals surface area contributed by atoms with Crippen molar-refractivity contribution >= 4 is 0 Å². The maximum absolute atomic E-state index is 9.38. The topological polar surface area (TPSA) is 38.7 Å². The van der Waals surface area contributed by atoms with Gasteiger partial charge in [-0.05, 0) is 54.1 Å². The van der Waals surface area contributed by atoms with E-state index in [0.29, 0.717) is 0 Å². The Kier molecular flexibility index (Phi) is 7.93. The Labute approximate surface area is 101 Å². The van der Waals surface area contributed by atoms with Gasteiger partial charge in [-0.1, -0.05) is 6.92 Å². The minimum absolute atomic E-state index is 0.179. The van der Waals surface area contributed by atoms with E-state index in [4.69, 9.17) is 0 Å². The quantitative estimate of drug-likeness (QED) is 0.596. The standard InChI is InChI=1S/C12H29N3O/c1-6-13-12(2,11-16)10-15(5)9-7-8-14(3)4/h13,16H,6-11H2,1-5H3. The third kappa shape index (κ3) is 7.17. The third-order valence-electron chi connectivity index (χ3n) is 2.72. The summed E-state index contributed by atoms with van der Waals surface area (Å²) in [6, 6.07) is 0. The zero-order valence-electron chi connectivity index (χ0n) is 11.6. The number of rotatable bonds is 9. The first-order valence-electron chi connectivity index (χ1n) is 6.12. The van der Waals surface area contributed by atoms with Gasteiger partial charge in [0.1, 0.15) is 0 Å². The molecule has 0 aromatic carbocycles. The van der Waals surface area contributed by atoms with E-state index < -0.39 is 0 Å². The lowest BCUT2D eigenvalue weighted by Gasteiger charge is -2.33. The Bertz CT molecular complexity index is 176. The molecule has 0 saturated carbocycles. The zero-order valence-corrected chi connectivity index (χ0v) is 11.6. The Morgan fingerprint density at radius 1 is 1.19 bits per heavy atom. The van der Waals surface area contributed by atoms with Crippen LogP contribution in [0.2, 0.25) is 0 Å². The van der Waals surface area contributed by atoms with Gasteiger partial charge in [-0.25, -0.2) is 0 Å². The highest BCUT2D eigenvalue weighted by Crippen LogP contribution is 2.05. The smallest absolute Gasteiger partial charge is 0.0623 e. The molecular weight excluding hydrogens is 202 g/mol. The number of aliphatic hydroxyl groups is 1. The molecule has 0 aliphatic rings. The van der Waals surface area contributed by atoms with Gasteiger partial charge in [0.15, 0.2) is 0 Å². The fourth-order valence-corrected chi connectivity index (χ4v) is 1.92. The van der Waals surface area contributed by atoms with E-state index in [1.54, 1.807) is 0 Å². The number of aliphatic hydroxyl groups excluding tert-OH is 1. The van der Waals surface area contributed by atoms with Crippen LogP contribution < -0.4 is 5.32 Å². The van der Waals surface area contributed by atoms with Crippen molar-refractivity contribution in [1.82, 2.24) is 15.1 Å². The van der Waals surface area contributed by atoms with Gasteiger partial charge >= 0.3 is 0 Å². The van der Waals surface area contributed by atoms with E-state index in [-0.39, 0.29) is 12.1 Å². The number of nitrogens with zero attached hydrogens (tertiary/aromatic N) is 2. The lowest BCUT2D eigenvalue weighted by Crippen LogP contribution is -2.53. The summed E-state index contributed by atoms with van der Waals surface area (Å²) in [5, 5.41) is 12.7. The van der Waals surface area contributed by atoms with Crippen LogP contribution in [0.3, 0.4) is 0 Å². The summed E-state index contributed by atoms with van der Waals surface area (Å²) < 4.78 is 0. The van der Waals surface area contributed by atoms with Gasteiger partial charge < -0.3 is 20.2 Å². The maximum Gasteiger partial charge on any atom is 0.0623 e. The van der Waals surface area contributed by atoms with Gasteiger partial charge in [-0.2, -0.15) is 0 Å². The average Bonchev–Trinajstić information content (AvgIpc) is 2.17. The molecule has 4 nitrogen and oxygen atoms in total. The van der Waals surface area contributed by atoms with Gasteiger partial charge in [0.25, 0.3) is 0 Å². The van der Waals surface area contributed by atoms with Crippen molar-refractivity contribution in [2.75, 3.05) is 53.9 Å². The second kappa shape index (κ2) is 8.01. The number of nitrogens with one attached hydrogen (secondary N) is 1. The van der Waals surface area contributed by atoms with E-state index in [1.165, 1.54) is 0 Å². The summed E-state index contributed by atoms with van der Waals surface area (Å²) in [7, 11) is 6.30. The van der Waals surface area contributed by atoms with Crippen LogP contribution in [0.5, 0.6) is 0 Å². The molecule has 0 radical (unpaired) electrons. The van der Waals surface area contributed by atoms with E-state index in [2.05, 4.69) is 50.1 Å². The molecule has 0 aromatic heterocycles. The summed E-state index contributed by atoms with van der Waals surface area (Å²) in [5.41, 5.74) is -0.179. The van der Waals surface area contributed by atoms with Crippen LogP contribution in [-0.2, 0) is 0 Å². The largest absolute Gasteiger partial charge is 0.394 e. The molecule has 1 unspecified atom stereocenters. The fourth-order valence-electron chi connectivity index (χ4n) is 1.92. The molecule has 98 valence electrons. The summed E-state index contributed by atoms with van der Waals surface area (Å²) in [6.07, 6.45) is 1.16. The summed E-state index contributed by atoms with van der Waals surface area (Å²) >= 11 is 0. The molecule has 4 heteroatoms. The zero-order chi connectivity index (χ0) is 12.6. The first-order valence-corrected chi connectivity index (χ1v) is 6.12.